The number of carbonyl (C=O) groups is 2. The minimum atomic E-state index is -0.641. The van der Waals surface area contributed by atoms with Crippen molar-refractivity contribution in [2.24, 2.45) is 0 Å². The number of rotatable bonds is 8. The first-order valence-electron chi connectivity index (χ1n) is 11.4. The third-order valence-electron chi connectivity index (χ3n) is 5.83. The molecule has 1 atom stereocenters. The van der Waals surface area contributed by atoms with Gasteiger partial charge in [-0.2, -0.15) is 0 Å². The van der Waals surface area contributed by atoms with Crippen molar-refractivity contribution in [3.8, 4) is 5.75 Å². The Labute approximate surface area is 190 Å². The molecule has 32 heavy (non-hydrogen) atoms. The van der Waals surface area contributed by atoms with Gasteiger partial charge in [0.25, 0.3) is 11.7 Å². The topological polar surface area (TPSA) is 66.8 Å². The molecule has 0 spiro atoms. The number of aryl methyl sites for hydroxylation is 1. The number of benzene rings is 2. The van der Waals surface area contributed by atoms with Gasteiger partial charge < -0.3 is 14.7 Å². The molecular weight excluding hydrogens is 402 g/mol. The van der Waals surface area contributed by atoms with Gasteiger partial charge in [-0.15, -0.1) is 0 Å². The third kappa shape index (κ3) is 4.57. The predicted molar refractivity (Wildman–Crippen MR) is 127 cm³/mol. The van der Waals surface area contributed by atoms with Gasteiger partial charge in [0, 0.05) is 12.1 Å². The van der Waals surface area contributed by atoms with Gasteiger partial charge in [-0.3, -0.25) is 9.59 Å². The largest absolute Gasteiger partial charge is 0.507 e. The third-order valence-corrected chi connectivity index (χ3v) is 5.83. The Kier molecular flexibility index (Phi) is 7.39. The monoisotopic (exact) mass is 435 g/mol. The summed E-state index contributed by atoms with van der Waals surface area (Å²) in [5, 5.41) is 11.2. The van der Waals surface area contributed by atoms with Gasteiger partial charge in [-0.1, -0.05) is 52.0 Å². The van der Waals surface area contributed by atoms with E-state index in [1.54, 1.807) is 23.1 Å². The van der Waals surface area contributed by atoms with Crippen molar-refractivity contribution in [3.63, 3.8) is 0 Å². The zero-order chi connectivity index (χ0) is 23.4. The van der Waals surface area contributed by atoms with Gasteiger partial charge >= 0.3 is 0 Å². The molecule has 0 radical (unpaired) electrons. The van der Waals surface area contributed by atoms with E-state index < -0.39 is 17.7 Å². The highest BCUT2D eigenvalue weighted by molar-refractivity contribution is 6.46. The molecule has 1 fully saturated rings. The fourth-order valence-electron chi connectivity index (χ4n) is 4.09. The quantitative estimate of drug-likeness (QED) is 0.326. The van der Waals surface area contributed by atoms with Gasteiger partial charge in [-0.25, -0.2) is 0 Å². The molecule has 170 valence electrons. The normalized spacial score (nSPS) is 17.9. The number of carbonyl (C=O) groups excluding carboxylic acids is 2. The van der Waals surface area contributed by atoms with Crippen LogP contribution in [0.5, 0.6) is 5.75 Å². The molecule has 0 aromatic heterocycles. The average molecular weight is 436 g/mol. The number of nitrogens with zero attached hydrogens (tertiary/aromatic N) is 1. The summed E-state index contributed by atoms with van der Waals surface area (Å²) in [7, 11) is 0. The second kappa shape index (κ2) is 10.0. The number of ketones is 1. The van der Waals surface area contributed by atoms with Crippen molar-refractivity contribution >= 4 is 17.4 Å². The molecule has 3 rings (SSSR count). The van der Waals surface area contributed by atoms with Crippen molar-refractivity contribution in [3.05, 3.63) is 70.3 Å². The molecule has 2 aromatic rings. The zero-order valence-corrected chi connectivity index (χ0v) is 19.6. The van der Waals surface area contributed by atoms with Gasteiger partial charge in [0.15, 0.2) is 0 Å². The van der Waals surface area contributed by atoms with Crippen molar-refractivity contribution < 1.29 is 19.4 Å². The number of ether oxygens (including phenoxy) is 1. The molecule has 2 aromatic carbocycles. The summed E-state index contributed by atoms with van der Waals surface area (Å²) in [5.41, 5.74) is 3.51. The summed E-state index contributed by atoms with van der Waals surface area (Å²) in [6.45, 7) is 11.2. The van der Waals surface area contributed by atoms with E-state index >= 15 is 0 Å². The Balaban J connectivity index is 2.09. The Hall–Kier alpha value is -3.08. The zero-order valence-electron chi connectivity index (χ0n) is 19.6. The molecule has 1 unspecified atom stereocenters. The minimum absolute atomic E-state index is 0.141. The molecule has 5 nitrogen and oxygen atoms in total. The number of aliphatic hydroxyl groups is 1. The first-order chi connectivity index (χ1) is 15.3. The average Bonchev–Trinajstić information content (AvgIpc) is 3.03. The van der Waals surface area contributed by atoms with Gasteiger partial charge in [0.1, 0.15) is 11.5 Å². The van der Waals surface area contributed by atoms with Crippen LogP contribution in [0.15, 0.2) is 48.0 Å². The lowest BCUT2D eigenvalue weighted by molar-refractivity contribution is -0.139. The molecule has 1 aliphatic heterocycles. The van der Waals surface area contributed by atoms with Gasteiger partial charge in [0.2, 0.25) is 0 Å². The molecular formula is C27H33NO4. The lowest BCUT2D eigenvalue weighted by Gasteiger charge is -2.25. The summed E-state index contributed by atoms with van der Waals surface area (Å²) in [6.07, 6.45) is 1.62. The SMILES string of the molecule is CCCOc1ccc(/C(O)=C2/C(=O)C(=O)N(CCC)C2c2ccc(C(C)C)cc2)cc1C. The Morgan fingerprint density at radius 3 is 2.31 bits per heavy atom. The number of Topliss-reactive ketones (excluding diaryl/α,β-unsaturated/α-hetero) is 1. The smallest absolute Gasteiger partial charge is 0.295 e. The maximum absolute atomic E-state index is 13.0. The fourth-order valence-corrected chi connectivity index (χ4v) is 4.09. The number of hydrogen-bond donors (Lipinski definition) is 1. The van der Waals surface area contributed by atoms with Crippen LogP contribution in [0.4, 0.5) is 0 Å². The highest BCUT2D eigenvalue weighted by Gasteiger charge is 2.45. The molecule has 1 N–H and O–H groups in total. The summed E-state index contributed by atoms with van der Waals surface area (Å²) >= 11 is 0. The van der Waals surface area contributed by atoms with Crippen LogP contribution >= 0.6 is 0 Å². The van der Waals surface area contributed by atoms with E-state index in [9.17, 15) is 14.7 Å². The van der Waals surface area contributed by atoms with Crippen LogP contribution in [0.1, 0.15) is 74.8 Å². The first-order valence-corrected chi connectivity index (χ1v) is 11.4. The lowest BCUT2D eigenvalue weighted by Crippen LogP contribution is -2.30. The van der Waals surface area contributed by atoms with Crippen LogP contribution in [-0.2, 0) is 9.59 Å². The number of aliphatic hydroxyl groups excluding tert-OH is 1. The maximum atomic E-state index is 13.0. The van der Waals surface area contributed by atoms with Crippen molar-refractivity contribution in [2.75, 3.05) is 13.2 Å². The molecule has 5 heteroatoms. The van der Waals surface area contributed by atoms with E-state index in [4.69, 9.17) is 4.74 Å². The van der Waals surface area contributed by atoms with Crippen LogP contribution in [0.3, 0.4) is 0 Å². The van der Waals surface area contributed by atoms with E-state index in [1.807, 2.05) is 45.0 Å². The Morgan fingerprint density at radius 1 is 1.06 bits per heavy atom. The second-order valence-electron chi connectivity index (χ2n) is 8.64. The molecule has 0 bridgehead atoms. The summed E-state index contributed by atoms with van der Waals surface area (Å²) in [6, 6.07) is 12.7. The van der Waals surface area contributed by atoms with Crippen LogP contribution in [-0.4, -0.2) is 34.8 Å². The molecule has 1 saturated heterocycles. The van der Waals surface area contributed by atoms with Crippen molar-refractivity contribution in [1.29, 1.82) is 0 Å². The first kappa shape index (κ1) is 23.6. The fraction of sp³-hybridized carbons (Fsp3) is 0.407. The van der Waals surface area contributed by atoms with Crippen LogP contribution < -0.4 is 4.74 Å². The maximum Gasteiger partial charge on any atom is 0.295 e. The summed E-state index contributed by atoms with van der Waals surface area (Å²) in [5.74, 6) is -0.230. The van der Waals surface area contributed by atoms with Crippen molar-refractivity contribution in [1.82, 2.24) is 4.90 Å². The summed E-state index contributed by atoms with van der Waals surface area (Å²) < 4.78 is 5.73. The van der Waals surface area contributed by atoms with E-state index in [1.165, 1.54) is 5.56 Å². The molecule has 0 saturated carbocycles. The summed E-state index contributed by atoms with van der Waals surface area (Å²) in [4.78, 5) is 27.4. The van der Waals surface area contributed by atoms with E-state index in [0.29, 0.717) is 24.6 Å². The highest BCUT2D eigenvalue weighted by atomic mass is 16.5. The van der Waals surface area contributed by atoms with Crippen LogP contribution in [0.25, 0.3) is 5.76 Å². The van der Waals surface area contributed by atoms with Crippen LogP contribution in [0.2, 0.25) is 0 Å². The highest BCUT2D eigenvalue weighted by Crippen LogP contribution is 2.40. The standard InChI is InChI=1S/C27H33NO4/c1-6-14-28-24(20-10-8-19(9-11-20)17(3)4)23(26(30)27(28)31)25(29)21-12-13-22(18(5)16-21)32-15-7-2/h8-13,16-17,24,29H,6-7,14-15H2,1-5H3/b25-23-. The Morgan fingerprint density at radius 2 is 1.75 bits per heavy atom. The van der Waals surface area contributed by atoms with Crippen LogP contribution in [0, 0.1) is 6.92 Å². The van der Waals surface area contributed by atoms with Gasteiger partial charge in [-0.05, 0) is 60.6 Å². The molecule has 0 aliphatic carbocycles. The predicted octanol–water partition coefficient (Wildman–Crippen LogP) is 5.74. The van der Waals surface area contributed by atoms with Gasteiger partial charge in [0.05, 0.1) is 18.2 Å². The minimum Gasteiger partial charge on any atom is -0.507 e. The Bertz CT molecular complexity index is 1020. The van der Waals surface area contributed by atoms with Crippen molar-refractivity contribution in [2.45, 2.75) is 59.4 Å². The molecule has 1 amide bonds. The number of amides is 1. The van der Waals surface area contributed by atoms with E-state index in [-0.39, 0.29) is 11.3 Å². The van der Waals surface area contributed by atoms with E-state index in [2.05, 4.69) is 13.8 Å². The second-order valence-corrected chi connectivity index (χ2v) is 8.64. The van der Waals surface area contributed by atoms with E-state index in [0.717, 1.165) is 29.7 Å². The number of hydrogen-bond acceptors (Lipinski definition) is 4. The molecule has 1 heterocycles. The lowest BCUT2D eigenvalue weighted by atomic mass is 9.93. The molecule has 1 aliphatic rings. The number of likely N-dealkylation sites (tertiary alicyclic amines) is 1.